The van der Waals surface area contributed by atoms with Crippen LogP contribution in [0.3, 0.4) is 0 Å². The Hall–Kier alpha value is -7.91. The zero-order chi connectivity index (χ0) is 48.1. The molecule has 67 heavy (non-hydrogen) atoms. The molecule has 6 aromatic carbocycles. The zero-order valence-corrected chi connectivity index (χ0v) is 39.1. The van der Waals surface area contributed by atoms with Crippen LogP contribution in [0, 0.1) is 0 Å². The Labute approximate surface area is 390 Å². The van der Waals surface area contributed by atoms with Gasteiger partial charge in [-0.2, -0.15) is 0 Å². The summed E-state index contributed by atoms with van der Waals surface area (Å²) in [6.07, 6.45) is 6.26. The van der Waals surface area contributed by atoms with Gasteiger partial charge in [0.05, 0.1) is 68.0 Å². The number of hydrogen-bond acceptors (Lipinski definition) is 12. The molecule has 0 saturated heterocycles. The molecule has 0 heterocycles. The molecule has 0 radical (unpaired) electrons. The first-order chi connectivity index (χ1) is 32.5. The molecule has 2 atom stereocenters. The molecule has 0 bridgehead atoms. The second-order valence-electron chi connectivity index (χ2n) is 14.5. The Morgan fingerprint density at radius 3 is 0.970 bits per heavy atom. The van der Waals surface area contributed by atoms with Crippen molar-refractivity contribution in [2.45, 2.75) is 10.5 Å². The summed E-state index contributed by atoms with van der Waals surface area (Å²) in [6, 6.07) is 35.0. The first-order valence-corrected chi connectivity index (χ1v) is 22.4. The molecular weight excluding hydrogens is 877 g/mol. The van der Waals surface area contributed by atoms with Crippen molar-refractivity contribution in [2.75, 3.05) is 67.5 Å². The van der Waals surface area contributed by atoms with Crippen molar-refractivity contribution in [1.82, 2.24) is 0 Å². The second-order valence-corrected chi connectivity index (χ2v) is 16.6. The van der Waals surface area contributed by atoms with Crippen molar-refractivity contribution in [2.24, 2.45) is 0 Å². The molecule has 0 aliphatic heterocycles. The van der Waals surface area contributed by atoms with Crippen molar-refractivity contribution in [3.05, 3.63) is 167 Å². The van der Waals surface area contributed by atoms with E-state index < -0.39 is 32.2 Å². The van der Waals surface area contributed by atoms with E-state index in [1.807, 2.05) is 60.7 Å². The highest BCUT2D eigenvalue weighted by Crippen LogP contribution is 2.60. The zero-order valence-electron chi connectivity index (χ0n) is 38.3. The topological polar surface area (TPSA) is 166 Å². The van der Waals surface area contributed by atoms with Gasteiger partial charge in [-0.3, -0.25) is 9.59 Å². The van der Waals surface area contributed by atoms with Gasteiger partial charge in [0, 0.05) is 11.1 Å². The molecule has 348 valence electrons. The van der Waals surface area contributed by atoms with Gasteiger partial charge in [-0.1, -0.05) is 121 Å². The van der Waals surface area contributed by atoms with Crippen molar-refractivity contribution in [3.8, 4) is 46.0 Å². The molecule has 15 heteroatoms. The standard InChI is InChI=1S/C52H52N2O12S/c1-59-43-39(45(61-3)49(65-7)47(63-5)41(43)53-51(55)35-25-17-11-18-26-35)37(31-29-33-21-13-9-14-22-33)67(57,58)38(32-30-34-23-15-10-16-24-34)40-44(60-2)42(48(64-6)50(66-8)46(40)62-4)54-52(56)36-27-19-12-20-28-36/h9-32,37-38H,1-8H3,(H,53,55)(H,54,56). The number of benzene rings is 6. The maximum atomic E-state index is 16.5. The van der Waals surface area contributed by atoms with E-state index in [-0.39, 0.29) is 68.5 Å². The third-order valence-electron chi connectivity index (χ3n) is 10.7. The minimum absolute atomic E-state index is 0.00466. The number of ether oxygens (including phenoxy) is 8. The van der Waals surface area contributed by atoms with E-state index >= 15 is 8.42 Å². The number of anilines is 2. The van der Waals surface area contributed by atoms with Crippen LogP contribution in [-0.4, -0.2) is 77.1 Å². The summed E-state index contributed by atoms with van der Waals surface area (Å²) in [5, 5.41) is 2.36. The van der Waals surface area contributed by atoms with Crippen LogP contribution in [0.1, 0.15) is 53.5 Å². The lowest BCUT2D eigenvalue weighted by Crippen LogP contribution is -2.23. The third-order valence-corrected chi connectivity index (χ3v) is 12.9. The van der Waals surface area contributed by atoms with Crippen LogP contribution < -0.4 is 48.5 Å². The number of sulfone groups is 1. The van der Waals surface area contributed by atoms with E-state index in [9.17, 15) is 9.59 Å². The van der Waals surface area contributed by atoms with Crippen LogP contribution in [0.5, 0.6) is 46.0 Å². The molecule has 0 aliphatic carbocycles. The molecule has 0 spiro atoms. The first-order valence-electron chi connectivity index (χ1n) is 20.7. The predicted octanol–water partition coefficient (Wildman–Crippen LogP) is 9.88. The molecule has 14 nitrogen and oxygen atoms in total. The minimum atomic E-state index is -4.84. The molecule has 0 aliphatic rings. The van der Waals surface area contributed by atoms with Gasteiger partial charge in [0.1, 0.15) is 21.9 Å². The number of carbonyl (C=O) groups excluding carboxylic acids is 2. The summed E-state index contributed by atoms with van der Waals surface area (Å²) in [5.74, 6) is -1.57. The van der Waals surface area contributed by atoms with Gasteiger partial charge in [-0.25, -0.2) is 8.42 Å². The smallest absolute Gasteiger partial charge is 0.255 e. The molecule has 6 rings (SSSR count). The second kappa shape index (κ2) is 22.3. The number of methoxy groups -OCH3 is 8. The number of rotatable bonds is 20. The maximum Gasteiger partial charge on any atom is 0.255 e. The van der Waals surface area contributed by atoms with E-state index in [1.54, 1.807) is 72.8 Å². The van der Waals surface area contributed by atoms with E-state index in [4.69, 9.17) is 37.9 Å². The average Bonchev–Trinajstić information content (AvgIpc) is 3.36. The molecule has 2 N–H and O–H groups in total. The van der Waals surface area contributed by atoms with Gasteiger partial charge in [0.15, 0.2) is 44.3 Å². The Morgan fingerprint density at radius 2 is 0.687 bits per heavy atom. The summed E-state index contributed by atoms with van der Waals surface area (Å²) in [7, 11) is 5.99. The molecule has 0 saturated carbocycles. The maximum absolute atomic E-state index is 16.5. The minimum Gasteiger partial charge on any atom is -0.494 e. The lowest BCUT2D eigenvalue weighted by Gasteiger charge is -2.30. The quantitative estimate of drug-likeness (QED) is 0.0745. The largest absolute Gasteiger partial charge is 0.494 e. The highest BCUT2D eigenvalue weighted by molar-refractivity contribution is 7.92. The first kappa shape index (κ1) is 48.5. The Bertz CT molecular complexity index is 2650. The SMILES string of the molecule is COc1c(NC(=O)c2ccccc2)c(OC)c(C(C=Cc2ccccc2)S(=O)(=O)C(C=Cc2ccccc2)c2c(OC)c(NC(=O)c3ccccc3)c(OC)c(OC)c2OC)c(OC)c1OC. The van der Waals surface area contributed by atoms with Crippen LogP contribution >= 0.6 is 0 Å². The fourth-order valence-corrected chi connectivity index (χ4v) is 9.66. The van der Waals surface area contributed by atoms with Gasteiger partial charge in [0.2, 0.25) is 11.5 Å². The number of carbonyl (C=O) groups is 2. The molecular formula is C52H52N2O12S. The monoisotopic (exact) mass is 928 g/mol. The lowest BCUT2D eigenvalue weighted by atomic mass is 10.0. The van der Waals surface area contributed by atoms with Crippen molar-refractivity contribution >= 4 is 45.2 Å². The van der Waals surface area contributed by atoms with Gasteiger partial charge in [0.25, 0.3) is 11.8 Å². The molecule has 6 aromatic rings. The summed E-state index contributed by atoms with van der Waals surface area (Å²) in [5.41, 5.74) is 1.70. The van der Waals surface area contributed by atoms with Gasteiger partial charge < -0.3 is 48.5 Å². The summed E-state index contributed by atoms with van der Waals surface area (Å²) in [6.45, 7) is 0. The predicted molar refractivity (Wildman–Crippen MR) is 259 cm³/mol. The van der Waals surface area contributed by atoms with E-state index in [1.165, 1.54) is 69.0 Å². The Balaban J connectivity index is 1.75. The van der Waals surface area contributed by atoms with Crippen LogP contribution in [0.2, 0.25) is 0 Å². The number of nitrogens with one attached hydrogen (secondary N) is 2. The van der Waals surface area contributed by atoms with Crippen LogP contribution in [0.15, 0.2) is 133 Å². The van der Waals surface area contributed by atoms with Crippen molar-refractivity contribution < 1.29 is 55.9 Å². The molecule has 0 aromatic heterocycles. The highest BCUT2D eigenvalue weighted by Gasteiger charge is 2.45. The lowest BCUT2D eigenvalue weighted by molar-refractivity contribution is 0.101. The Kier molecular flexibility index (Phi) is 16.2. The van der Waals surface area contributed by atoms with Crippen LogP contribution in [-0.2, 0) is 9.84 Å². The summed E-state index contributed by atoms with van der Waals surface area (Å²) >= 11 is 0. The molecule has 2 unspecified atom stereocenters. The molecule has 2 amide bonds. The van der Waals surface area contributed by atoms with Gasteiger partial charge >= 0.3 is 0 Å². The van der Waals surface area contributed by atoms with Crippen LogP contribution in [0.25, 0.3) is 12.2 Å². The highest BCUT2D eigenvalue weighted by atomic mass is 32.2. The number of amides is 2. The van der Waals surface area contributed by atoms with E-state index in [0.717, 1.165) is 0 Å². The van der Waals surface area contributed by atoms with E-state index in [2.05, 4.69) is 10.6 Å². The third kappa shape index (κ3) is 10.2. The fraction of sp³-hybridized carbons (Fsp3) is 0.192. The van der Waals surface area contributed by atoms with Gasteiger partial charge in [-0.15, -0.1) is 0 Å². The Morgan fingerprint density at radius 1 is 0.403 bits per heavy atom. The summed E-state index contributed by atoms with van der Waals surface area (Å²) in [4.78, 5) is 27.9. The van der Waals surface area contributed by atoms with Crippen molar-refractivity contribution in [3.63, 3.8) is 0 Å². The number of hydrogen-bond donors (Lipinski definition) is 2. The van der Waals surface area contributed by atoms with Crippen LogP contribution in [0.4, 0.5) is 11.4 Å². The fourth-order valence-electron chi connectivity index (χ4n) is 7.67. The molecule has 0 fully saturated rings. The normalized spacial score (nSPS) is 12.2. The summed E-state index contributed by atoms with van der Waals surface area (Å²) < 4.78 is 80.9. The average molecular weight is 929 g/mol. The van der Waals surface area contributed by atoms with Gasteiger partial charge in [-0.05, 0) is 35.4 Å². The van der Waals surface area contributed by atoms with E-state index in [0.29, 0.717) is 22.3 Å². The van der Waals surface area contributed by atoms with Crippen molar-refractivity contribution in [1.29, 1.82) is 0 Å².